The molecule has 4 heterocycles. The number of nitrogens with zero attached hydrogens (tertiary/aromatic N) is 2. The fourth-order valence-corrected chi connectivity index (χ4v) is 6.17. The molecule has 1 aromatic carbocycles. The molecular weight excluding hydrogens is 442 g/mol. The number of nitrogens with one attached hydrogen (secondary N) is 1. The third-order valence-electron chi connectivity index (χ3n) is 4.87. The highest BCUT2D eigenvalue weighted by atomic mass is 79.9. The van der Waals surface area contributed by atoms with Crippen molar-refractivity contribution in [2.75, 3.05) is 6.54 Å². The standard InChI is InChI=1S/C20H16BrN3OS2/c21-18-12-4-1-2-5-15(12)27-17(18)11-24-8-7-14-13(10-24)20(25)23-19(22-14)16-6-3-9-26-16/h1-6,9H,7-8,10-11H2,(H,22,23,25). The lowest BCUT2D eigenvalue weighted by molar-refractivity contribution is 0.243. The van der Waals surface area contributed by atoms with E-state index in [1.165, 1.54) is 19.4 Å². The fourth-order valence-electron chi connectivity index (χ4n) is 3.52. The lowest BCUT2D eigenvalue weighted by atomic mass is 10.1. The number of hydrogen-bond acceptors (Lipinski definition) is 5. The van der Waals surface area contributed by atoms with E-state index in [1.807, 2.05) is 28.8 Å². The first-order chi connectivity index (χ1) is 13.2. The Hall–Kier alpha value is -1.80. The minimum atomic E-state index is -0.0106. The van der Waals surface area contributed by atoms with Crippen LogP contribution in [0, 0.1) is 0 Å². The van der Waals surface area contributed by atoms with E-state index in [-0.39, 0.29) is 5.56 Å². The first-order valence-corrected chi connectivity index (χ1v) is 11.2. The molecule has 1 aliphatic heterocycles. The normalized spacial score (nSPS) is 14.6. The fraction of sp³-hybridized carbons (Fsp3) is 0.200. The molecule has 0 atom stereocenters. The molecule has 0 saturated carbocycles. The van der Waals surface area contributed by atoms with Crippen molar-refractivity contribution in [3.05, 3.63) is 72.7 Å². The Morgan fingerprint density at radius 3 is 2.93 bits per heavy atom. The summed E-state index contributed by atoms with van der Waals surface area (Å²) in [6.45, 7) is 2.39. The van der Waals surface area contributed by atoms with Gasteiger partial charge in [0.05, 0.1) is 16.1 Å². The molecule has 0 fully saturated rings. The van der Waals surface area contributed by atoms with Gasteiger partial charge in [0.15, 0.2) is 5.82 Å². The van der Waals surface area contributed by atoms with Crippen LogP contribution in [0.25, 0.3) is 20.8 Å². The minimum Gasteiger partial charge on any atom is -0.306 e. The second-order valence-corrected chi connectivity index (χ2v) is 9.49. The van der Waals surface area contributed by atoms with Crippen molar-refractivity contribution in [1.82, 2.24) is 14.9 Å². The first kappa shape index (κ1) is 17.3. The predicted octanol–water partition coefficient (Wildman–Crippen LogP) is 5.03. The topological polar surface area (TPSA) is 49.0 Å². The van der Waals surface area contributed by atoms with Crippen molar-refractivity contribution in [2.45, 2.75) is 19.5 Å². The molecule has 0 spiro atoms. The Morgan fingerprint density at radius 2 is 2.11 bits per heavy atom. The second kappa shape index (κ2) is 6.98. The van der Waals surface area contributed by atoms with Gasteiger partial charge in [0.2, 0.25) is 0 Å². The largest absolute Gasteiger partial charge is 0.306 e. The number of H-pyrrole nitrogens is 1. The summed E-state index contributed by atoms with van der Waals surface area (Å²) in [6, 6.07) is 12.4. The van der Waals surface area contributed by atoms with Gasteiger partial charge in [0.1, 0.15) is 0 Å². The molecule has 136 valence electrons. The van der Waals surface area contributed by atoms with E-state index in [0.717, 1.165) is 35.6 Å². The Labute approximate surface area is 172 Å². The number of halogens is 1. The Balaban J connectivity index is 1.42. The van der Waals surface area contributed by atoms with Crippen LogP contribution in [0.15, 0.2) is 51.0 Å². The first-order valence-electron chi connectivity index (χ1n) is 8.73. The van der Waals surface area contributed by atoms with E-state index < -0.39 is 0 Å². The van der Waals surface area contributed by atoms with Gasteiger partial charge in [-0.2, -0.15) is 0 Å². The third-order valence-corrected chi connectivity index (χ3v) is 8.07. The van der Waals surface area contributed by atoms with Crippen molar-refractivity contribution in [3.8, 4) is 10.7 Å². The average Bonchev–Trinajstić information content (AvgIpc) is 3.32. The summed E-state index contributed by atoms with van der Waals surface area (Å²) in [4.78, 5) is 25.0. The molecule has 3 aromatic heterocycles. The van der Waals surface area contributed by atoms with E-state index in [2.05, 4.69) is 50.1 Å². The zero-order valence-corrected chi connectivity index (χ0v) is 17.6. The van der Waals surface area contributed by atoms with Crippen molar-refractivity contribution in [3.63, 3.8) is 0 Å². The highest BCUT2D eigenvalue weighted by molar-refractivity contribution is 9.10. The van der Waals surface area contributed by atoms with Crippen molar-refractivity contribution >= 4 is 48.7 Å². The number of fused-ring (bicyclic) bond motifs is 2. The molecule has 0 saturated heterocycles. The number of thiophene rings is 2. The SMILES string of the molecule is O=c1[nH]c(-c2cccs2)nc2c1CN(Cc1sc3ccccc3c1Br)CC2. The zero-order valence-electron chi connectivity index (χ0n) is 14.4. The molecule has 7 heteroatoms. The van der Waals surface area contributed by atoms with E-state index in [0.29, 0.717) is 12.4 Å². The highest BCUT2D eigenvalue weighted by Gasteiger charge is 2.23. The van der Waals surface area contributed by atoms with E-state index in [4.69, 9.17) is 4.98 Å². The zero-order chi connectivity index (χ0) is 18.4. The van der Waals surface area contributed by atoms with E-state index in [9.17, 15) is 4.79 Å². The summed E-state index contributed by atoms with van der Waals surface area (Å²) in [5, 5.41) is 3.26. The van der Waals surface area contributed by atoms with Gasteiger partial charge in [-0.25, -0.2) is 4.98 Å². The summed E-state index contributed by atoms with van der Waals surface area (Å²) in [6.07, 6.45) is 0.806. The molecule has 27 heavy (non-hydrogen) atoms. The van der Waals surface area contributed by atoms with Gasteiger partial charge < -0.3 is 4.98 Å². The number of rotatable bonds is 3. The molecule has 5 rings (SSSR count). The van der Waals surface area contributed by atoms with Gasteiger partial charge in [-0.3, -0.25) is 9.69 Å². The van der Waals surface area contributed by atoms with E-state index >= 15 is 0 Å². The van der Waals surface area contributed by atoms with Gasteiger partial charge in [0.25, 0.3) is 5.56 Å². The van der Waals surface area contributed by atoms with Crippen LogP contribution in [0.4, 0.5) is 0 Å². The lowest BCUT2D eigenvalue weighted by Crippen LogP contribution is -2.35. The van der Waals surface area contributed by atoms with Crippen molar-refractivity contribution < 1.29 is 0 Å². The van der Waals surface area contributed by atoms with Crippen LogP contribution in [-0.4, -0.2) is 21.4 Å². The van der Waals surface area contributed by atoms with Crippen molar-refractivity contribution in [2.24, 2.45) is 0 Å². The van der Waals surface area contributed by atoms with Crippen LogP contribution < -0.4 is 5.56 Å². The van der Waals surface area contributed by atoms with Crippen LogP contribution in [-0.2, 0) is 19.5 Å². The molecule has 0 amide bonds. The van der Waals surface area contributed by atoms with Crippen LogP contribution in [0.1, 0.15) is 16.1 Å². The summed E-state index contributed by atoms with van der Waals surface area (Å²) in [5.74, 6) is 0.689. The monoisotopic (exact) mass is 457 g/mol. The minimum absolute atomic E-state index is 0.0106. The molecule has 0 radical (unpaired) electrons. The molecular formula is C20H16BrN3OS2. The number of aromatic amines is 1. The molecule has 1 N–H and O–H groups in total. The van der Waals surface area contributed by atoms with Crippen molar-refractivity contribution in [1.29, 1.82) is 0 Å². The average molecular weight is 458 g/mol. The summed E-state index contributed by atoms with van der Waals surface area (Å²) in [7, 11) is 0. The quantitative estimate of drug-likeness (QED) is 0.468. The molecule has 0 bridgehead atoms. The van der Waals surface area contributed by atoms with E-state index in [1.54, 1.807) is 11.3 Å². The predicted molar refractivity (Wildman–Crippen MR) is 116 cm³/mol. The Bertz CT molecular complexity index is 1180. The van der Waals surface area contributed by atoms with Gasteiger partial charge in [-0.1, -0.05) is 24.3 Å². The van der Waals surface area contributed by atoms with Gasteiger partial charge in [-0.15, -0.1) is 22.7 Å². The summed E-state index contributed by atoms with van der Waals surface area (Å²) >= 11 is 7.17. The third kappa shape index (κ3) is 3.18. The maximum Gasteiger partial charge on any atom is 0.255 e. The molecule has 0 unspecified atom stereocenters. The number of benzene rings is 1. The smallest absolute Gasteiger partial charge is 0.255 e. The van der Waals surface area contributed by atoms with Crippen LogP contribution in [0.5, 0.6) is 0 Å². The number of aromatic nitrogens is 2. The molecule has 1 aliphatic rings. The number of hydrogen-bond donors (Lipinski definition) is 1. The second-order valence-electron chi connectivity index (χ2n) is 6.61. The van der Waals surface area contributed by atoms with Gasteiger partial charge >= 0.3 is 0 Å². The Morgan fingerprint density at radius 1 is 1.22 bits per heavy atom. The van der Waals surface area contributed by atoms with Crippen LogP contribution in [0.2, 0.25) is 0 Å². The van der Waals surface area contributed by atoms with Crippen LogP contribution >= 0.6 is 38.6 Å². The maximum atomic E-state index is 12.7. The molecule has 4 aromatic rings. The molecule has 4 nitrogen and oxygen atoms in total. The summed E-state index contributed by atoms with van der Waals surface area (Å²) in [5.41, 5.74) is 1.73. The van der Waals surface area contributed by atoms with Crippen LogP contribution in [0.3, 0.4) is 0 Å². The molecule has 0 aliphatic carbocycles. The summed E-state index contributed by atoms with van der Waals surface area (Å²) < 4.78 is 2.46. The lowest BCUT2D eigenvalue weighted by Gasteiger charge is -2.27. The van der Waals surface area contributed by atoms with Gasteiger partial charge in [-0.05, 0) is 33.4 Å². The maximum absolute atomic E-state index is 12.7. The highest BCUT2D eigenvalue weighted by Crippen LogP contribution is 2.36. The Kier molecular flexibility index (Phi) is 4.47. The van der Waals surface area contributed by atoms with Gasteiger partial charge in [0, 0.05) is 45.5 Å².